The number of methoxy groups -OCH3 is 2. The number of rotatable bonds is 7. The third kappa shape index (κ3) is 4.93. The Morgan fingerprint density at radius 3 is 2.40 bits per heavy atom. The Morgan fingerprint density at radius 2 is 1.71 bits per heavy atom. The lowest BCUT2D eigenvalue weighted by Gasteiger charge is -2.20. The molecule has 0 atom stereocenters. The van der Waals surface area contributed by atoms with Gasteiger partial charge >= 0.3 is 0 Å². The first-order chi connectivity index (χ1) is 16.6. The summed E-state index contributed by atoms with van der Waals surface area (Å²) in [7, 11) is 0.551. The lowest BCUT2D eigenvalue weighted by molar-refractivity contribution is 0.103. The molecule has 0 bridgehead atoms. The van der Waals surface area contributed by atoms with E-state index in [0.29, 0.717) is 32.8 Å². The van der Waals surface area contributed by atoms with Crippen molar-refractivity contribution in [2.24, 2.45) is 0 Å². The number of nitrogens with zero attached hydrogens (tertiary/aromatic N) is 1. The van der Waals surface area contributed by atoms with Crippen molar-refractivity contribution >= 4 is 60.3 Å². The number of hydrogen-bond acceptors (Lipinski definition) is 6. The number of sulfonamides is 1. The number of hydrogen-bond donors (Lipinski definition) is 1. The molecule has 1 amide bonds. The molecule has 182 valence electrons. The molecule has 0 aliphatic rings. The van der Waals surface area contributed by atoms with Crippen molar-refractivity contribution in [1.82, 2.24) is 0 Å². The van der Waals surface area contributed by atoms with Crippen LogP contribution in [0.3, 0.4) is 0 Å². The normalized spacial score (nSPS) is 11.3. The topological polar surface area (TPSA) is 84.9 Å². The molecule has 0 aliphatic carbocycles. The van der Waals surface area contributed by atoms with Crippen molar-refractivity contribution in [2.75, 3.05) is 30.9 Å². The Balaban J connectivity index is 1.61. The minimum atomic E-state index is -3.87. The highest BCUT2D eigenvalue weighted by molar-refractivity contribution is 7.92. The predicted molar refractivity (Wildman–Crippen MR) is 141 cm³/mol. The van der Waals surface area contributed by atoms with Crippen molar-refractivity contribution in [2.45, 2.75) is 11.8 Å². The summed E-state index contributed by atoms with van der Waals surface area (Å²) in [6.07, 6.45) is 0. The molecular weight excluding hydrogens is 508 g/mol. The van der Waals surface area contributed by atoms with E-state index in [1.807, 2.05) is 6.92 Å². The highest BCUT2D eigenvalue weighted by Gasteiger charge is 2.24. The van der Waals surface area contributed by atoms with Crippen LogP contribution in [0.2, 0.25) is 5.02 Å². The van der Waals surface area contributed by atoms with Gasteiger partial charge in [0.25, 0.3) is 15.9 Å². The molecule has 0 saturated heterocycles. The van der Waals surface area contributed by atoms with Crippen molar-refractivity contribution in [1.29, 1.82) is 0 Å². The van der Waals surface area contributed by atoms with Gasteiger partial charge in [-0.1, -0.05) is 11.6 Å². The zero-order valence-corrected chi connectivity index (χ0v) is 21.8. The molecule has 0 spiro atoms. The second-order valence-electron chi connectivity index (χ2n) is 7.74. The first-order valence-electron chi connectivity index (χ1n) is 10.5. The summed E-state index contributed by atoms with van der Waals surface area (Å²) in [6.45, 7) is 1.87. The number of carbonyl (C=O) groups excluding carboxylic acids is 1. The van der Waals surface area contributed by atoms with Gasteiger partial charge in [0.15, 0.2) is 11.5 Å². The van der Waals surface area contributed by atoms with Crippen LogP contribution >= 0.6 is 22.9 Å². The Hall–Kier alpha value is -3.27. The maximum absolute atomic E-state index is 13.3. The summed E-state index contributed by atoms with van der Waals surface area (Å²) < 4.78 is 39.0. The number of benzene rings is 3. The van der Waals surface area contributed by atoms with Crippen LogP contribution in [0.1, 0.15) is 15.2 Å². The number of amides is 1. The van der Waals surface area contributed by atoms with E-state index in [0.717, 1.165) is 15.6 Å². The van der Waals surface area contributed by atoms with Crippen LogP contribution in [0.4, 0.5) is 11.4 Å². The average molecular weight is 531 g/mol. The van der Waals surface area contributed by atoms with Crippen LogP contribution in [0.25, 0.3) is 10.1 Å². The molecule has 10 heteroatoms. The summed E-state index contributed by atoms with van der Waals surface area (Å²) in [5, 5.41) is 4.27. The first-order valence-corrected chi connectivity index (χ1v) is 13.1. The summed E-state index contributed by atoms with van der Waals surface area (Å²) in [5.74, 6) is 0.514. The molecule has 0 saturated carbocycles. The number of anilines is 2. The highest BCUT2D eigenvalue weighted by atomic mass is 35.5. The number of ether oxygens (including phenoxy) is 2. The third-order valence-electron chi connectivity index (χ3n) is 5.54. The quantitative estimate of drug-likeness (QED) is 0.319. The predicted octanol–water partition coefficient (Wildman–Crippen LogP) is 5.96. The van der Waals surface area contributed by atoms with E-state index in [1.54, 1.807) is 48.5 Å². The number of halogens is 1. The van der Waals surface area contributed by atoms with Crippen LogP contribution < -0.4 is 19.1 Å². The highest BCUT2D eigenvalue weighted by Crippen LogP contribution is 2.34. The molecular formula is C25H23ClN2O5S2. The standard InChI is InChI=1S/C25H23ClN2O5S2/c1-15-11-17(26)5-8-20(15)27-25(29)24-13-16-12-18(6-10-23(16)34-24)28(2)35(30,31)19-7-9-21(32-3)22(14-19)33-4/h5-14H,1-4H3,(H,27,29). The van der Waals surface area contributed by atoms with Gasteiger partial charge in [-0.2, -0.15) is 0 Å². The summed E-state index contributed by atoms with van der Waals surface area (Å²) in [6, 6.07) is 16.7. The number of fused-ring (bicyclic) bond motifs is 1. The van der Waals surface area contributed by atoms with Crippen LogP contribution in [0, 0.1) is 6.92 Å². The molecule has 3 aromatic carbocycles. The molecule has 4 rings (SSSR count). The monoisotopic (exact) mass is 530 g/mol. The second kappa shape index (κ2) is 9.77. The largest absolute Gasteiger partial charge is 0.493 e. The van der Waals surface area contributed by atoms with Gasteiger partial charge in [0.05, 0.1) is 29.7 Å². The third-order valence-corrected chi connectivity index (χ3v) is 8.67. The van der Waals surface area contributed by atoms with E-state index in [4.69, 9.17) is 21.1 Å². The lowest BCUT2D eigenvalue weighted by atomic mass is 10.2. The van der Waals surface area contributed by atoms with Gasteiger partial charge in [-0.15, -0.1) is 11.3 Å². The fourth-order valence-electron chi connectivity index (χ4n) is 3.56. The molecule has 1 aromatic heterocycles. The molecule has 0 aliphatic heterocycles. The van der Waals surface area contributed by atoms with Gasteiger partial charge in [0.1, 0.15) is 0 Å². The van der Waals surface area contributed by atoms with Crippen LogP contribution in [0.15, 0.2) is 65.6 Å². The SMILES string of the molecule is COc1ccc(S(=O)(=O)N(C)c2ccc3sc(C(=O)Nc4ccc(Cl)cc4C)cc3c2)cc1OC. The lowest BCUT2D eigenvalue weighted by Crippen LogP contribution is -2.26. The van der Waals surface area contributed by atoms with E-state index < -0.39 is 10.0 Å². The Kier molecular flexibility index (Phi) is 6.93. The van der Waals surface area contributed by atoms with Crippen molar-refractivity contribution in [3.05, 3.63) is 76.1 Å². The maximum atomic E-state index is 13.3. The van der Waals surface area contributed by atoms with Crippen molar-refractivity contribution in [3.8, 4) is 11.5 Å². The molecule has 7 nitrogen and oxygen atoms in total. The van der Waals surface area contributed by atoms with E-state index in [2.05, 4.69) is 5.32 Å². The molecule has 1 heterocycles. The molecule has 0 unspecified atom stereocenters. The minimum Gasteiger partial charge on any atom is -0.493 e. The number of carbonyl (C=O) groups is 1. The van der Waals surface area contributed by atoms with Crippen molar-refractivity contribution < 1.29 is 22.7 Å². The van der Waals surface area contributed by atoms with Gasteiger partial charge in [-0.05, 0) is 72.5 Å². The molecule has 4 aromatic rings. The average Bonchev–Trinajstić information content (AvgIpc) is 3.28. The maximum Gasteiger partial charge on any atom is 0.265 e. The summed E-state index contributed by atoms with van der Waals surface area (Å²) in [5.41, 5.74) is 2.00. The Morgan fingerprint density at radius 1 is 0.971 bits per heavy atom. The Labute approximate surface area is 212 Å². The molecule has 0 radical (unpaired) electrons. The smallest absolute Gasteiger partial charge is 0.265 e. The number of thiophene rings is 1. The zero-order chi connectivity index (χ0) is 25.3. The van der Waals surface area contributed by atoms with Gasteiger partial charge < -0.3 is 14.8 Å². The van der Waals surface area contributed by atoms with Gasteiger partial charge in [0.2, 0.25) is 0 Å². The van der Waals surface area contributed by atoms with Crippen LogP contribution in [-0.2, 0) is 10.0 Å². The number of aryl methyl sites for hydroxylation is 1. The summed E-state index contributed by atoms with van der Waals surface area (Å²) >= 11 is 7.33. The van der Waals surface area contributed by atoms with E-state index in [-0.39, 0.29) is 10.8 Å². The Bertz CT molecular complexity index is 1530. The zero-order valence-electron chi connectivity index (χ0n) is 19.5. The van der Waals surface area contributed by atoms with E-state index >= 15 is 0 Å². The minimum absolute atomic E-state index is 0.0708. The fourth-order valence-corrected chi connectivity index (χ4v) is 5.93. The first kappa shape index (κ1) is 24.8. The van der Waals surface area contributed by atoms with E-state index in [9.17, 15) is 13.2 Å². The molecule has 1 N–H and O–H groups in total. The van der Waals surface area contributed by atoms with Crippen LogP contribution in [-0.4, -0.2) is 35.6 Å². The van der Waals surface area contributed by atoms with Gasteiger partial charge in [-0.3, -0.25) is 9.10 Å². The van der Waals surface area contributed by atoms with Gasteiger partial charge in [0, 0.05) is 28.5 Å². The number of nitrogens with one attached hydrogen (secondary N) is 1. The van der Waals surface area contributed by atoms with Gasteiger partial charge in [-0.25, -0.2) is 8.42 Å². The fraction of sp³-hybridized carbons (Fsp3) is 0.160. The van der Waals surface area contributed by atoms with Crippen molar-refractivity contribution in [3.63, 3.8) is 0 Å². The van der Waals surface area contributed by atoms with E-state index in [1.165, 1.54) is 49.0 Å². The molecule has 0 fully saturated rings. The molecule has 35 heavy (non-hydrogen) atoms. The second-order valence-corrected chi connectivity index (χ2v) is 11.2. The van der Waals surface area contributed by atoms with Crippen LogP contribution in [0.5, 0.6) is 11.5 Å². The summed E-state index contributed by atoms with van der Waals surface area (Å²) in [4.78, 5) is 13.4.